The number of thioether (sulfide) groups is 1. The molecule has 0 spiro atoms. The second-order valence-electron chi connectivity index (χ2n) is 5.38. The average molecular weight is 311 g/mol. The van der Waals surface area contributed by atoms with E-state index >= 15 is 0 Å². The first-order chi connectivity index (χ1) is 9.63. The zero-order valence-corrected chi connectivity index (χ0v) is 12.7. The summed E-state index contributed by atoms with van der Waals surface area (Å²) in [5.41, 5.74) is 1.30. The lowest BCUT2D eigenvalue weighted by Crippen LogP contribution is -2.32. The van der Waals surface area contributed by atoms with Crippen LogP contribution in [-0.2, 0) is 17.0 Å². The van der Waals surface area contributed by atoms with Gasteiger partial charge in [-0.2, -0.15) is 11.8 Å². The summed E-state index contributed by atoms with van der Waals surface area (Å²) in [5.74, 6) is 1.06. The number of nitrogens with one attached hydrogen (secondary N) is 1. The van der Waals surface area contributed by atoms with Crippen molar-refractivity contribution in [3.8, 4) is 0 Å². The molecular formula is C14H17NO3S2. The third-order valence-electron chi connectivity index (χ3n) is 3.97. The molecule has 1 aromatic rings. The molecule has 1 fully saturated rings. The van der Waals surface area contributed by atoms with E-state index in [0.717, 1.165) is 29.2 Å². The number of hydrogen-bond acceptors (Lipinski definition) is 4. The van der Waals surface area contributed by atoms with E-state index in [1.54, 1.807) is 11.3 Å². The quantitative estimate of drug-likeness (QED) is 0.900. The van der Waals surface area contributed by atoms with Crippen molar-refractivity contribution >= 4 is 35.0 Å². The maximum atomic E-state index is 12.2. The van der Waals surface area contributed by atoms with Crippen LogP contribution in [0.15, 0.2) is 6.07 Å². The fourth-order valence-electron chi connectivity index (χ4n) is 2.85. The summed E-state index contributed by atoms with van der Waals surface area (Å²) in [5, 5.41) is 12.0. The van der Waals surface area contributed by atoms with Gasteiger partial charge in [-0.15, -0.1) is 11.3 Å². The number of carbonyl (C=O) groups excluding carboxylic acids is 1. The van der Waals surface area contributed by atoms with E-state index in [2.05, 4.69) is 5.32 Å². The summed E-state index contributed by atoms with van der Waals surface area (Å²) in [6, 6.07) is 2.02. The Morgan fingerprint density at radius 1 is 1.35 bits per heavy atom. The van der Waals surface area contributed by atoms with Gasteiger partial charge in [0, 0.05) is 16.7 Å². The maximum absolute atomic E-state index is 12.2. The normalized spacial score (nSPS) is 25.2. The van der Waals surface area contributed by atoms with Gasteiger partial charge in [-0.05, 0) is 43.1 Å². The van der Waals surface area contributed by atoms with Gasteiger partial charge in [0.05, 0.1) is 10.8 Å². The topological polar surface area (TPSA) is 66.4 Å². The summed E-state index contributed by atoms with van der Waals surface area (Å²) >= 11 is 3.50. The lowest BCUT2D eigenvalue weighted by Gasteiger charge is -2.11. The standard InChI is InChI=1S/C14H17NO3S2/c16-13(15-10-2-1-8(5-10)14(17)18)12-6-9-7-19-4-3-11(9)20-12/h6,8,10H,1-5,7H2,(H,15,16)(H,17,18). The van der Waals surface area contributed by atoms with Crippen molar-refractivity contribution in [3.63, 3.8) is 0 Å². The third kappa shape index (κ3) is 2.86. The summed E-state index contributed by atoms with van der Waals surface area (Å²) < 4.78 is 0. The Morgan fingerprint density at radius 3 is 2.90 bits per heavy atom. The van der Waals surface area contributed by atoms with Gasteiger partial charge < -0.3 is 10.4 Å². The Labute approximate surface area is 125 Å². The third-order valence-corrected chi connectivity index (χ3v) is 6.21. The molecule has 2 atom stereocenters. The number of aliphatic carboxylic acids is 1. The molecule has 2 unspecified atom stereocenters. The first-order valence-corrected chi connectivity index (χ1v) is 8.83. The van der Waals surface area contributed by atoms with Gasteiger partial charge >= 0.3 is 5.97 Å². The number of thiophene rings is 1. The van der Waals surface area contributed by atoms with Crippen molar-refractivity contribution in [3.05, 3.63) is 21.4 Å². The highest BCUT2D eigenvalue weighted by Gasteiger charge is 2.31. The van der Waals surface area contributed by atoms with Gasteiger partial charge in [0.15, 0.2) is 0 Å². The molecule has 2 N–H and O–H groups in total. The van der Waals surface area contributed by atoms with Crippen LogP contribution < -0.4 is 5.32 Å². The molecule has 3 rings (SSSR count). The van der Waals surface area contributed by atoms with Crippen molar-refractivity contribution in [1.29, 1.82) is 0 Å². The van der Waals surface area contributed by atoms with Crippen LogP contribution >= 0.6 is 23.1 Å². The fraction of sp³-hybridized carbons (Fsp3) is 0.571. The minimum Gasteiger partial charge on any atom is -0.481 e. The number of hydrogen-bond donors (Lipinski definition) is 2. The van der Waals surface area contributed by atoms with Crippen LogP contribution in [0.3, 0.4) is 0 Å². The fourth-order valence-corrected chi connectivity index (χ4v) is 5.13. The number of carbonyl (C=O) groups is 2. The number of aryl methyl sites for hydroxylation is 1. The minimum absolute atomic E-state index is 0.0112. The van der Waals surface area contributed by atoms with Crippen LogP contribution in [0, 0.1) is 5.92 Å². The van der Waals surface area contributed by atoms with Crippen molar-refractivity contribution in [2.75, 3.05) is 5.75 Å². The zero-order chi connectivity index (χ0) is 14.1. The molecule has 2 aliphatic rings. The van der Waals surface area contributed by atoms with Crippen LogP contribution in [0.1, 0.15) is 39.4 Å². The van der Waals surface area contributed by atoms with Gasteiger partial charge in [0.2, 0.25) is 0 Å². The van der Waals surface area contributed by atoms with E-state index in [4.69, 9.17) is 5.11 Å². The number of rotatable bonds is 3. The lowest BCUT2D eigenvalue weighted by molar-refractivity contribution is -0.141. The molecule has 2 heterocycles. The first kappa shape index (κ1) is 13.9. The summed E-state index contributed by atoms with van der Waals surface area (Å²) in [4.78, 5) is 25.3. The van der Waals surface area contributed by atoms with Crippen molar-refractivity contribution in [1.82, 2.24) is 5.32 Å². The molecule has 0 saturated heterocycles. The van der Waals surface area contributed by atoms with Crippen LogP contribution in [-0.4, -0.2) is 28.8 Å². The van der Waals surface area contributed by atoms with E-state index in [1.165, 1.54) is 10.4 Å². The molecule has 6 heteroatoms. The van der Waals surface area contributed by atoms with Crippen molar-refractivity contribution < 1.29 is 14.7 Å². The van der Waals surface area contributed by atoms with E-state index in [-0.39, 0.29) is 17.9 Å². The highest BCUT2D eigenvalue weighted by Crippen LogP contribution is 2.32. The molecule has 0 bridgehead atoms. The summed E-state index contributed by atoms with van der Waals surface area (Å²) in [7, 11) is 0. The van der Waals surface area contributed by atoms with E-state index in [0.29, 0.717) is 12.8 Å². The monoisotopic (exact) mass is 311 g/mol. The Kier molecular flexibility index (Phi) is 4.03. The maximum Gasteiger partial charge on any atom is 0.306 e. The first-order valence-electron chi connectivity index (χ1n) is 6.86. The van der Waals surface area contributed by atoms with Crippen LogP contribution in [0.2, 0.25) is 0 Å². The van der Waals surface area contributed by atoms with E-state index in [1.807, 2.05) is 17.8 Å². The molecule has 1 aliphatic heterocycles. The zero-order valence-electron chi connectivity index (χ0n) is 11.1. The molecule has 1 amide bonds. The van der Waals surface area contributed by atoms with E-state index < -0.39 is 5.97 Å². The molecular weight excluding hydrogens is 294 g/mol. The molecule has 0 aromatic carbocycles. The molecule has 1 aromatic heterocycles. The second-order valence-corrected chi connectivity index (χ2v) is 7.62. The largest absolute Gasteiger partial charge is 0.481 e. The van der Waals surface area contributed by atoms with Crippen molar-refractivity contribution in [2.45, 2.75) is 37.5 Å². The Hall–Kier alpha value is -1.01. The highest BCUT2D eigenvalue weighted by molar-refractivity contribution is 7.98. The Bertz CT molecular complexity index is 517. The predicted molar refractivity (Wildman–Crippen MR) is 80.4 cm³/mol. The molecule has 1 saturated carbocycles. The molecule has 0 radical (unpaired) electrons. The number of carboxylic acid groups (broad SMARTS) is 1. The minimum atomic E-state index is -0.745. The number of fused-ring (bicyclic) bond motifs is 1. The van der Waals surface area contributed by atoms with Gasteiger partial charge in [-0.25, -0.2) is 0 Å². The average Bonchev–Trinajstić information content (AvgIpc) is 3.04. The van der Waals surface area contributed by atoms with Crippen molar-refractivity contribution in [2.24, 2.45) is 5.92 Å². The van der Waals surface area contributed by atoms with Crippen LogP contribution in [0.25, 0.3) is 0 Å². The Balaban J connectivity index is 1.62. The molecule has 1 aliphatic carbocycles. The van der Waals surface area contributed by atoms with E-state index in [9.17, 15) is 9.59 Å². The second kappa shape index (κ2) is 5.77. The van der Waals surface area contributed by atoms with Gasteiger partial charge in [-0.1, -0.05) is 0 Å². The Morgan fingerprint density at radius 2 is 2.20 bits per heavy atom. The molecule has 108 valence electrons. The SMILES string of the molecule is O=C(NC1CCC(C(=O)O)C1)c1cc2c(s1)CCSC2. The van der Waals surface area contributed by atoms with Gasteiger partial charge in [-0.3, -0.25) is 9.59 Å². The summed E-state index contributed by atoms with van der Waals surface area (Å²) in [6.45, 7) is 0. The molecule has 4 nitrogen and oxygen atoms in total. The predicted octanol–water partition coefficient (Wildman–Crippen LogP) is 2.52. The van der Waals surface area contributed by atoms with Gasteiger partial charge in [0.25, 0.3) is 5.91 Å². The van der Waals surface area contributed by atoms with Gasteiger partial charge in [0.1, 0.15) is 0 Å². The summed E-state index contributed by atoms with van der Waals surface area (Å²) in [6.07, 6.45) is 3.05. The van der Waals surface area contributed by atoms with Crippen LogP contribution in [0.5, 0.6) is 0 Å². The molecule has 20 heavy (non-hydrogen) atoms. The highest BCUT2D eigenvalue weighted by atomic mass is 32.2. The van der Waals surface area contributed by atoms with Crippen LogP contribution in [0.4, 0.5) is 0 Å². The lowest BCUT2D eigenvalue weighted by atomic mass is 10.1. The smallest absolute Gasteiger partial charge is 0.306 e. The number of carboxylic acids is 1. The number of amides is 1.